The minimum Gasteiger partial charge on any atom is -0.495 e. The lowest BCUT2D eigenvalue weighted by Crippen LogP contribution is -2.19. The summed E-state index contributed by atoms with van der Waals surface area (Å²) in [6.07, 6.45) is 2.90. The van der Waals surface area contributed by atoms with E-state index in [0.29, 0.717) is 35.1 Å². The van der Waals surface area contributed by atoms with Crippen LogP contribution in [-0.4, -0.2) is 42.8 Å². The highest BCUT2D eigenvalue weighted by Gasteiger charge is 2.12. The third-order valence-corrected chi connectivity index (χ3v) is 4.38. The summed E-state index contributed by atoms with van der Waals surface area (Å²) in [5.41, 5.74) is 2.52. The third kappa shape index (κ3) is 6.30. The third-order valence-electron chi connectivity index (χ3n) is 4.38. The Labute approximate surface area is 187 Å². The van der Waals surface area contributed by atoms with Gasteiger partial charge in [0, 0.05) is 18.2 Å². The van der Waals surface area contributed by atoms with Gasteiger partial charge in [-0.2, -0.15) is 0 Å². The van der Waals surface area contributed by atoms with E-state index in [1.54, 1.807) is 38.6 Å². The number of hydrogen-bond donors (Lipinski definition) is 1. The van der Waals surface area contributed by atoms with Gasteiger partial charge in [0.05, 0.1) is 37.4 Å². The highest BCUT2D eigenvalue weighted by molar-refractivity contribution is 6.04. The zero-order valence-electron chi connectivity index (χ0n) is 18.5. The lowest BCUT2D eigenvalue weighted by Gasteiger charge is -2.15. The van der Waals surface area contributed by atoms with E-state index in [2.05, 4.69) is 27.1 Å². The van der Waals surface area contributed by atoms with Gasteiger partial charge in [0.15, 0.2) is 5.82 Å². The molecular formula is C25H25N3O4. The predicted molar refractivity (Wildman–Crippen MR) is 122 cm³/mol. The van der Waals surface area contributed by atoms with Gasteiger partial charge in [-0.05, 0) is 44.2 Å². The van der Waals surface area contributed by atoms with Gasteiger partial charge in [-0.15, -0.1) is 0 Å². The van der Waals surface area contributed by atoms with E-state index in [-0.39, 0.29) is 12.0 Å². The number of rotatable bonds is 7. The van der Waals surface area contributed by atoms with Crippen LogP contribution in [0, 0.1) is 18.8 Å². The van der Waals surface area contributed by atoms with Crippen LogP contribution in [-0.2, 0) is 4.74 Å². The zero-order chi connectivity index (χ0) is 22.9. The van der Waals surface area contributed by atoms with Crippen LogP contribution in [0.1, 0.15) is 34.1 Å². The van der Waals surface area contributed by atoms with Gasteiger partial charge < -0.3 is 19.5 Å². The van der Waals surface area contributed by atoms with E-state index in [1.807, 2.05) is 38.1 Å². The first-order chi connectivity index (χ1) is 15.5. The first-order valence-electron chi connectivity index (χ1n) is 10.0. The Morgan fingerprint density at radius 1 is 1.09 bits per heavy atom. The molecule has 0 spiro atoms. The van der Waals surface area contributed by atoms with Gasteiger partial charge in [-0.1, -0.05) is 24.0 Å². The quantitative estimate of drug-likeness (QED) is 0.572. The molecule has 0 saturated carbocycles. The monoisotopic (exact) mass is 431 g/mol. The highest BCUT2D eigenvalue weighted by atomic mass is 16.5. The number of amides is 1. The van der Waals surface area contributed by atoms with Crippen molar-refractivity contribution in [2.75, 3.05) is 26.1 Å². The molecule has 32 heavy (non-hydrogen) atoms. The number of benzene rings is 2. The van der Waals surface area contributed by atoms with Crippen molar-refractivity contribution in [3.05, 3.63) is 77.2 Å². The van der Waals surface area contributed by atoms with E-state index < -0.39 is 0 Å². The molecule has 0 bridgehead atoms. The standard InChI is InChI=1S/C25H25N3O4/c1-17-14-27-24(15-26-17)28-25(29)21-11-19(12-22(13-21)32-18(2)16-30-3)9-10-20-7-5-6-8-23(20)31-4/h5-8,11-15,18H,16H2,1-4H3,(H,27,28,29)/t18-/m0/s1. The fourth-order valence-electron chi connectivity index (χ4n) is 2.90. The maximum Gasteiger partial charge on any atom is 0.257 e. The Balaban J connectivity index is 1.93. The van der Waals surface area contributed by atoms with Crippen molar-refractivity contribution in [2.45, 2.75) is 20.0 Å². The second-order valence-electron chi connectivity index (χ2n) is 7.08. The molecule has 0 aliphatic rings. The fraction of sp³-hybridized carbons (Fsp3) is 0.240. The van der Waals surface area contributed by atoms with E-state index in [9.17, 15) is 4.79 Å². The Morgan fingerprint density at radius 3 is 2.62 bits per heavy atom. The molecule has 2 aromatic carbocycles. The SMILES string of the molecule is COC[C@H](C)Oc1cc(C#Cc2ccccc2OC)cc(C(=O)Nc2cnc(C)cn2)c1. The molecule has 0 aliphatic heterocycles. The number of methoxy groups -OCH3 is 2. The summed E-state index contributed by atoms with van der Waals surface area (Å²) in [5.74, 6) is 7.41. The topological polar surface area (TPSA) is 82.6 Å². The predicted octanol–water partition coefficient (Wildman–Crippen LogP) is 3.86. The number of ether oxygens (including phenoxy) is 3. The molecule has 1 amide bonds. The first kappa shape index (κ1) is 22.8. The summed E-state index contributed by atoms with van der Waals surface area (Å²) in [5, 5.41) is 2.75. The van der Waals surface area contributed by atoms with Gasteiger partial charge in [-0.25, -0.2) is 4.98 Å². The molecule has 0 aliphatic carbocycles. The smallest absolute Gasteiger partial charge is 0.257 e. The second kappa shape index (κ2) is 10.9. The van der Waals surface area contributed by atoms with Crippen LogP contribution in [0.15, 0.2) is 54.9 Å². The molecule has 164 valence electrons. The highest BCUT2D eigenvalue weighted by Crippen LogP contribution is 2.21. The van der Waals surface area contributed by atoms with Crippen molar-refractivity contribution in [3.63, 3.8) is 0 Å². The Morgan fingerprint density at radius 2 is 1.91 bits per heavy atom. The Kier molecular flexibility index (Phi) is 7.79. The van der Waals surface area contributed by atoms with Gasteiger partial charge in [-0.3, -0.25) is 9.78 Å². The van der Waals surface area contributed by atoms with Crippen LogP contribution in [0.4, 0.5) is 5.82 Å². The molecule has 1 N–H and O–H groups in total. The number of hydrogen-bond acceptors (Lipinski definition) is 6. The van der Waals surface area contributed by atoms with Crippen molar-refractivity contribution in [1.29, 1.82) is 0 Å². The van der Waals surface area contributed by atoms with Gasteiger partial charge in [0.25, 0.3) is 5.91 Å². The average molecular weight is 431 g/mol. The Bertz CT molecular complexity index is 1130. The summed E-state index contributed by atoms with van der Waals surface area (Å²) in [4.78, 5) is 21.2. The first-order valence-corrected chi connectivity index (χ1v) is 10.0. The molecule has 0 saturated heterocycles. The van der Waals surface area contributed by atoms with Crippen LogP contribution in [0.3, 0.4) is 0 Å². The zero-order valence-corrected chi connectivity index (χ0v) is 18.5. The maximum absolute atomic E-state index is 12.9. The van der Waals surface area contributed by atoms with Crippen molar-refractivity contribution in [3.8, 4) is 23.3 Å². The largest absolute Gasteiger partial charge is 0.495 e. The molecule has 0 unspecified atom stereocenters. The van der Waals surface area contributed by atoms with Crippen molar-refractivity contribution >= 4 is 11.7 Å². The molecule has 0 fully saturated rings. The second-order valence-corrected chi connectivity index (χ2v) is 7.08. The molecule has 7 heteroatoms. The fourth-order valence-corrected chi connectivity index (χ4v) is 2.90. The summed E-state index contributed by atoms with van der Waals surface area (Å²) >= 11 is 0. The summed E-state index contributed by atoms with van der Waals surface area (Å²) in [6, 6.07) is 12.6. The number of aromatic nitrogens is 2. The van der Waals surface area contributed by atoms with Crippen molar-refractivity contribution < 1.29 is 19.0 Å². The van der Waals surface area contributed by atoms with Crippen LogP contribution >= 0.6 is 0 Å². The number of carbonyl (C=O) groups is 1. The van der Waals surface area contributed by atoms with Crippen molar-refractivity contribution in [1.82, 2.24) is 9.97 Å². The number of nitrogens with one attached hydrogen (secondary N) is 1. The van der Waals surface area contributed by atoms with E-state index in [0.717, 1.165) is 11.3 Å². The van der Waals surface area contributed by atoms with E-state index in [1.165, 1.54) is 6.20 Å². The van der Waals surface area contributed by atoms with Crippen LogP contribution < -0.4 is 14.8 Å². The lowest BCUT2D eigenvalue weighted by atomic mass is 10.1. The molecule has 1 atom stereocenters. The normalized spacial score (nSPS) is 11.1. The summed E-state index contributed by atoms with van der Waals surface area (Å²) in [7, 11) is 3.21. The number of aryl methyl sites for hydroxylation is 1. The number of carbonyl (C=O) groups excluding carboxylic acids is 1. The molecule has 7 nitrogen and oxygen atoms in total. The summed E-state index contributed by atoms with van der Waals surface area (Å²) < 4.78 is 16.4. The van der Waals surface area contributed by atoms with Gasteiger partial charge >= 0.3 is 0 Å². The molecular weight excluding hydrogens is 406 g/mol. The molecule has 1 aromatic heterocycles. The van der Waals surface area contributed by atoms with E-state index in [4.69, 9.17) is 14.2 Å². The maximum atomic E-state index is 12.9. The number of nitrogens with zero attached hydrogens (tertiary/aromatic N) is 2. The lowest BCUT2D eigenvalue weighted by molar-refractivity contribution is 0.0917. The van der Waals surface area contributed by atoms with Gasteiger partial charge in [0.1, 0.15) is 17.6 Å². The van der Waals surface area contributed by atoms with Crippen LogP contribution in [0.2, 0.25) is 0 Å². The van der Waals surface area contributed by atoms with Gasteiger partial charge in [0.2, 0.25) is 0 Å². The van der Waals surface area contributed by atoms with Crippen LogP contribution in [0.25, 0.3) is 0 Å². The molecule has 3 rings (SSSR count). The molecule has 3 aromatic rings. The minimum atomic E-state index is -0.340. The number of para-hydroxylation sites is 1. The number of anilines is 1. The van der Waals surface area contributed by atoms with Crippen LogP contribution in [0.5, 0.6) is 11.5 Å². The Hall–Kier alpha value is -3.89. The molecule has 1 heterocycles. The molecule has 0 radical (unpaired) electrons. The van der Waals surface area contributed by atoms with E-state index >= 15 is 0 Å². The minimum absolute atomic E-state index is 0.198. The van der Waals surface area contributed by atoms with Crippen molar-refractivity contribution in [2.24, 2.45) is 0 Å². The average Bonchev–Trinajstić information content (AvgIpc) is 2.79. The summed E-state index contributed by atoms with van der Waals surface area (Å²) in [6.45, 7) is 4.13.